The number of carbonyl (C=O) groups is 2. The van der Waals surface area contributed by atoms with Crippen molar-refractivity contribution < 1.29 is 27.5 Å². The van der Waals surface area contributed by atoms with E-state index in [-0.39, 0.29) is 28.5 Å². The number of benzene rings is 1. The van der Waals surface area contributed by atoms with Crippen LogP contribution in [0.5, 0.6) is 5.75 Å². The first-order chi connectivity index (χ1) is 19.4. The van der Waals surface area contributed by atoms with Crippen molar-refractivity contribution in [3.8, 4) is 16.9 Å². The quantitative estimate of drug-likeness (QED) is 0.107. The number of halogens is 4. The van der Waals surface area contributed by atoms with Crippen LogP contribution in [-0.2, 0) is 22.4 Å². The van der Waals surface area contributed by atoms with Crippen LogP contribution < -0.4 is 26.9 Å². The average Bonchev–Trinajstić information content (AvgIpc) is 2.92. The number of anilines is 1. The molecule has 0 saturated carbocycles. The summed E-state index contributed by atoms with van der Waals surface area (Å²) in [6.07, 6.45) is -0.295. The second kappa shape index (κ2) is 14.3. The Labute approximate surface area is 238 Å². The van der Waals surface area contributed by atoms with Gasteiger partial charge in [0.2, 0.25) is 5.91 Å². The normalized spacial score (nSPS) is 11.6. The molecule has 218 valence electrons. The van der Waals surface area contributed by atoms with Crippen LogP contribution in [0.1, 0.15) is 24.2 Å². The number of hydrazine groups is 1. The number of likely N-dealkylation sites (N-methyl/N-ethyl adjacent to an activating group) is 1. The lowest BCUT2D eigenvalue weighted by atomic mass is 10.0. The highest BCUT2D eigenvalue weighted by Crippen LogP contribution is 2.39. The minimum absolute atomic E-state index is 0.00719. The van der Waals surface area contributed by atoms with E-state index >= 15 is 0 Å². The van der Waals surface area contributed by atoms with Crippen LogP contribution >= 0.6 is 11.6 Å². The van der Waals surface area contributed by atoms with Gasteiger partial charge in [-0.15, -0.1) is 18.3 Å². The minimum Gasteiger partial charge on any atom is -0.404 e. The molecule has 0 aliphatic carbocycles. The van der Waals surface area contributed by atoms with Crippen molar-refractivity contribution in [3.05, 3.63) is 77.0 Å². The van der Waals surface area contributed by atoms with Gasteiger partial charge in [0.1, 0.15) is 5.70 Å². The maximum atomic E-state index is 12.9. The number of carbonyl (C=O) groups excluding carboxylic acids is 2. The van der Waals surface area contributed by atoms with Crippen LogP contribution in [0.4, 0.5) is 19.0 Å². The highest BCUT2D eigenvalue weighted by atomic mass is 35.5. The third-order valence-electron chi connectivity index (χ3n) is 5.53. The number of hydrogen-bond donors (Lipinski definition) is 4. The first-order valence-electron chi connectivity index (χ1n) is 12.3. The van der Waals surface area contributed by atoms with Crippen molar-refractivity contribution in [3.63, 3.8) is 0 Å². The number of nitrogens with one attached hydrogen (secondary N) is 2. The average molecular weight is 593 g/mol. The van der Waals surface area contributed by atoms with Crippen LogP contribution in [0.25, 0.3) is 11.1 Å². The van der Waals surface area contributed by atoms with Gasteiger partial charge in [0, 0.05) is 31.6 Å². The maximum absolute atomic E-state index is 12.9. The Balaban J connectivity index is 1.53. The molecule has 1 aromatic carbocycles. The van der Waals surface area contributed by atoms with Gasteiger partial charge in [-0.05, 0) is 55.2 Å². The van der Waals surface area contributed by atoms with Gasteiger partial charge in [-0.1, -0.05) is 23.7 Å². The highest BCUT2D eigenvalue weighted by Gasteiger charge is 2.33. The predicted molar refractivity (Wildman–Crippen MR) is 146 cm³/mol. The topological polar surface area (TPSA) is 161 Å². The van der Waals surface area contributed by atoms with Gasteiger partial charge in [-0.25, -0.2) is 5.84 Å². The summed E-state index contributed by atoms with van der Waals surface area (Å²) in [5.41, 5.74) is 7.08. The largest absolute Gasteiger partial charge is 0.573 e. The van der Waals surface area contributed by atoms with E-state index in [1.54, 1.807) is 12.1 Å². The number of nitrogens with zero attached hydrogens (tertiary/aromatic N) is 4. The number of ether oxygens (including phenoxy) is 1. The fourth-order valence-electron chi connectivity index (χ4n) is 3.66. The molecule has 0 atom stereocenters. The van der Waals surface area contributed by atoms with Crippen molar-refractivity contribution in [1.82, 2.24) is 25.5 Å². The van der Waals surface area contributed by atoms with E-state index in [9.17, 15) is 22.8 Å². The van der Waals surface area contributed by atoms with Gasteiger partial charge in [0.05, 0.1) is 22.8 Å². The molecule has 0 unspecified atom stereocenters. The number of amides is 2. The molecular weight excluding hydrogens is 565 g/mol. The van der Waals surface area contributed by atoms with Crippen LogP contribution in [0, 0.1) is 0 Å². The van der Waals surface area contributed by atoms with Crippen molar-refractivity contribution in [2.75, 3.05) is 18.9 Å². The summed E-state index contributed by atoms with van der Waals surface area (Å²) in [6, 6.07) is 10.5. The van der Waals surface area contributed by atoms with E-state index in [0.717, 1.165) is 6.42 Å². The van der Waals surface area contributed by atoms with E-state index in [1.165, 1.54) is 54.8 Å². The number of unbranched alkanes of at least 4 members (excludes halogenated alkanes) is 1. The third-order valence-corrected chi connectivity index (χ3v) is 5.83. The molecule has 0 radical (unpaired) electrons. The number of nitrogens with two attached hydrogens (primary N) is 2. The lowest BCUT2D eigenvalue weighted by Gasteiger charge is -2.15. The number of pyridine rings is 1. The summed E-state index contributed by atoms with van der Waals surface area (Å²) in [4.78, 5) is 28.1. The molecule has 2 aromatic heterocycles. The number of para-hydroxylation sites is 1. The van der Waals surface area contributed by atoms with E-state index in [1.807, 2.05) is 0 Å². The molecule has 3 rings (SSSR count). The Morgan fingerprint density at radius 1 is 1.12 bits per heavy atom. The summed E-state index contributed by atoms with van der Waals surface area (Å²) < 4.78 is 42.8. The standard InChI is InChI=1S/C26H28ClF3N8O3/c1-33-25(40)21(31)15-38(32)12-3-2-5-17-8-9-22(37-36-17)35-23(39)14-18-13-16(10-11-34-18)19-6-4-7-20(27)24(19)41-26(28,29)30/h4,6-11,13,15H,2-3,5,12,14,31-32H2,1H3,(H,33,40)(H,35,37,39)/b21-15-. The molecule has 0 aliphatic rings. The Hall–Kier alpha value is -4.43. The van der Waals surface area contributed by atoms with Crippen LogP contribution in [0.15, 0.2) is 60.6 Å². The molecule has 0 saturated heterocycles. The lowest BCUT2D eigenvalue weighted by molar-refractivity contribution is -0.274. The number of aromatic nitrogens is 3. The first-order valence-corrected chi connectivity index (χ1v) is 12.7. The van der Waals surface area contributed by atoms with Gasteiger partial charge >= 0.3 is 6.36 Å². The van der Waals surface area contributed by atoms with E-state index < -0.39 is 23.9 Å². The van der Waals surface area contributed by atoms with Crippen LogP contribution in [0.2, 0.25) is 5.02 Å². The minimum atomic E-state index is -4.93. The molecule has 11 nitrogen and oxygen atoms in total. The summed E-state index contributed by atoms with van der Waals surface area (Å²) in [7, 11) is 1.47. The summed E-state index contributed by atoms with van der Waals surface area (Å²) in [5.74, 6) is 4.64. The maximum Gasteiger partial charge on any atom is 0.573 e. The molecule has 0 aliphatic heterocycles. The van der Waals surface area contributed by atoms with E-state index in [2.05, 4.69) is 30.6 Å². The SMILES string of the molecule is CNC(=O)/C(N)=C/N(N)CCCCc1ccc(NC(=O)Cc2cc(-c3cccc(Cl)c3OC(F)(F)F)ccn2)nn1. The zero-order valence-corrected chi connectivity index (χ0v) is 22.7. The molecule has 41 heavy (non-hydrogen) atoms. The Morgan fingerprint density at radius 3 is 2.59 bits per heavy atom. The van der Waals surface area contributed by atoms with Crippen LogP contribution in [-0.4, -0.2) is 52.0 Å². The molecule has 2 amide bonds. The Bertz CT molecular complexity index is 1390. The lowest BCUT2D eigenvalue weighted by Crippen LogP contribution is -2.32. The first kappa shape index (κ1) is 31.1. The van der Waals surface area contributed by atoms with Crippen molar-refractivity contribution in [1.29, 1.82) is 0 Å². The van der Waals surface area contributed by atoms with Crippen molar-refractivity contribution >= 4 is 29.2 Å². The Morgan fingerprint density at radius 2 is 1.90 bits per heavy atom. The summed E-state index contributed by atoms with van der Waals surface area (Å²) in [5, 5.41) is 14.3. The summed E-state index contributed by atoms with van der Waals surface area (Å²) in [6.45, 7) is 0.475. The van der Waals surface area contributed by atoms with Gasteiger partial charge < -0.3 is 26.1 Å². The molecule has 15 heteroatoms. The molecule has 0 spiro atoms. The van der Waals surface area contributed by atoms with E-state index in [4.69, 9.17) is 23.2 Å². The number of rotatable bonds is 12. The zero-order chi connectivity index (χ0) is 30.0. The zero-order valence-electron chi connectivity index (χ0n) is 21.9. The molecule has 6 N–H and O–H groups in total. The molecule has 3 aromatic rings. The van der Waals surface area contributed by atoms with Gasteiger partial charge in [-0.2, -0.15) is 5.10 Å². The fourth-order valence-corrected chi connectivity index (χ4v) is 3.87. The second-order valence-electron chi connectivity index (χ2n) is 8.69. The van der Waals surface area contributed by atoms with Gasteiger partial charge in [0.15, 0.2) is 11.6 Å². The Kier molecular flexibility index (Phi) is 10.8. The van der Waals surface area contributed by atoms with Gasteiger partial charge in [0.25, 0.3) is 5.91 Å². The number of aryl methyl sites for hydroxylation is 1. The van der Waals surface area contributed by atoms with Crippen LogP contribution in [0.3, 0.4) is 0 Å². The number of hydrogen-bond acceptors (Lipinski definition) is 9. The third kappa shape index (κ3) is 9.92. The monoisotopic (exact) mass is 592 g/mol. The summed E-state index contributed by atoms with van der Waals surface area (Å²) >= 11 is 5.95. The molecular formula is C26H28ClF3N8O3. The van der Waals surface area contributed by atoms with Crippen molar-refractivity contribution in [2.45, 2.75) is 32.0 Å². The highest BCUT2D eigenvalue weighted by molar-refractivity contribution is 6.32. The fraction of sp³-hybridized carbons (Fsp3) is 0.269. The predicted octanol–water partition coefficient (Wildman–Crippen LogP) is 3.32. The second-order valence-corrected chi connectivity index (χ2v) is 9.10. The van der Waals surface area contributed by atoms with Crippen molar-refractivity contribution in [2.24, 2.45) is 11.6 Å². The smallest absolute Gasteiger partial charge is 0.404 e. The molecule has 0 fully saturated rings. The molecule has 2 heterocycles. The number of alkyl halides is 3. The molecule has 0 bridgehead atoms. The van der Waals surface area contributed by atoms with E-state index in [0.29, 0.717) is 36.3 Å². The van der Waals surface area contributed by atoms with Gasteiger partial charge in [-0.3, -0.25) is 14.6 Å².